The fourth-order valence-corrected chi connectivity index (χ4v) is 8.50. The first-order chi connectivity index (χ1) is 24.2. The van der Waals surface area contributed by atoms with E-state index in [1.807, 2.05) is 0 Å². The van der Waals surface area contributed by atoms with Crippen LogP contribution in [0.15, 0.2) is 107 Å². The summed E-state index contributed by atoms with van der Waals surface area (Å²) in [6.45, 7) is 2.72. The monoisotopic (exact) mass is 791 g/mol. The summed E-state index contributed by atoms with van der Waals surface area (Å²) >= 11 is 0. The van der Waals surface area contributed by atoms with Crippen molar-refractivity contribution >= 4 is 89.9 Å². The smallest absolute Gasteiger partial charge is 0.296 e. The van der Waals surface area contributed by atoms with E-state index in [1.54, 1.807) is 7.05 Å². The minimum absolute atomic E-state index is 0.0279. The van der Waals surface area contributed by atoms with Crippen LogP contribution in [0.4, 0.5) is 28.4 Å². The summed E-state index contributed by atoms with van der Waals surface area (Å²) in [7, 11) is -16.2. The summed E-state index contributed by atoms with van der Waals surface area (Å²) < 4.78 is 118. The number of phenols is 2. The molecule has 0 aliphatic rings. The Hall–Kier alpha value is -5.06. The van der Waals surface area contributed by atoms with Crippen LogP contribution in [0, 0.1) is 0 Å². The van der Waals surface area contributed by atoms with Gasteiger partial charge in [0.1, 0.15) is 32.5 Å². The van der Waals surface area contributed by atoms with E-state index < -0.39 is 66.6 Å². The average Bonchev–Trinajstić information content (AvgIpc) is 3.09. The van der Waals surface area contributed by atoms with Crippen LogP contribution in [0.5, 0.6) is 11.5 Å². The zero-order chi connectivity index (χ0) is 38.4. The maximum atomic E-state index is 12.5. The zero-order valence-corrected chi connectivity index (χ0v) is 30.5. The van der Waals surface area contributed by atoms with E-state index in [0.717, 1.165) is 30.3 Å². The van der Waals surface area contributed by atoms with Crippen molar-refractivity contribution in [2.75, 3.05) is 23.9 Å². The first-order valence-electron chi connectivity index (χ1n) is 14.9. The van der Waals surface area contributed by atoms with Gasteiger partial charge >= 0.3 is 0 Å². The van der Waals surface area contributed by atoms with E-state index >= 15 is 0 Å². The van der Waals surface area contributed by atoms with Gasteiger partial charge in [0.2, 0.25) is 0 Å². The summed E-state index contributed by atoms with van der Waals surface area (Å²) in [6.07, 6.45) is 0. The molecule has 21 heteroatoms. The number of nitrogens with one attached hydrogen (secondary N) is 1. The van der Waals surface area contributed by atoms with Crippen LogP contribution < -0.4 is 5.32 Å². The maximum Gasteiger partial charge on any atom is 0.296 e. The van der Waals surface area contributed by atoms with Crippen molar-refractivity contribution in [1.82, 2.24) is 0 Å². The van der Waals surface area contributed by atoms with Gasteiger partial charge in [0.25, 0.3) is 20.2 Å². The second-order valence-electron chi connectivity index (χ2n) is 11.0. The van der Waals surface area contributed by atoms with Gasteiger partial charge in [0, 0.05) is 23.2 Å². The minimum atomic E-state index is -5.03. The van der Waals surface area contributed by atoms with Crippen molar-refractivity contribution in [3.63, 3.8) is 0 Å². The molecule has 274 valence electrons. The van der Waals surface area contributed by atoms with Crippen molar-refractivity contribution < 1.29 is 53.0 Å². The molecule has 0 aliphatic carbocycles. The molecule has 5 aromatic carbocycles. The number of phenolic OH excluding ortho intramolecular Hbond substituents is 2. The van der Waals surface area contributed by atoms with Crippen LogP contribution in [0.3, 0.4) is 0 Å². The maximum absolute atomic E-state index is 12.5. The van der Waals surface area contributed by atoms with Crippen LogP contribution >= 0.6 is 0 Å². The van der Waals surface area contributed by atoms with Gasteiger partial charge in [-0.2, -0.15) is 16.8 Å². The molecule has 0 fully saturated rings. The number of nitrogens with zero attached hydrogens (tertiary/aromatic N) is 4. The highest BCUT2D eigenvalue weighted by Gasteiger charge is 2.25. The molecule has 0 aromatic heterocycles. The number of hydrogen-bond acceptors (Lipinski definition) is 15. The highest BCUT2D eigenvalue weighted by atomic mass is 32.2. The van der Waals surface area contributed by atoms with Gasteiger partial charge in [-0.3, -0.25) is 9.11 Å². The second-order valence-corrected chi connectivity index (χ2v) is 18.3. The van der Waals surface area contributed by atoms with Gasteiger partial charge in [-0.05, 0) is 66.0 Å². The Balaban J connectivity index is 1.60. The SMILES string of the molecule is CCS(=O)(=O)c1ccc(/N=N/c2c(NC)ccc3c(O)c(/N=N/c4ccc5cc(S(=O)(=O)CC)cc(S(=O)(=O)O)c5c4O)ccc23)c(S(=O)(=O)O)c1. The third-order valence-corrected chi connectivity index (χ3v) is 13.1. The topological polar surface area (TPSA) is 279 Å². The molecule has 0 unspecified atom stereocenters. The summed E-state index contributed by atoms with van der Waals surface area (Å²) in [5.41, 5.74) is -0.334. The number of fused-ring (bicyclic) bond motifs is 2. The summed E-state index contributed by atoms with van der Waals surface area (Å²) in [4.78, 5) is -2.39. The van der Waals surface area contributed by atoms with Gasteiger partial charge in [-0.1, -0.05) is 19.9 Å². The Morgan fingerprint density at radius 2 is 1.10 bits per heavy atom. The van der Waals surface area contributed by atoms with Crippen LogP contribution in [-0.4, -0.2) is 71.5 Å². The first-order valence-corrected chi connectivity index (χ1v) is 21.1. The molecule has 0 amide bonds. The number of hydrogen-bond donors (Lipinski definition) is 5. The van der Waals surface area contributed by atoms with Crippen LogP contribution in [0.25, 0.3) is 21.5 Å². The molecule has 0 saturated heterocycles. The number of azo groups is 2. The molecule has 0 atom stereocenters. The number of rotatable bonds is 11. The van der Waals surface area contributed by atoms with Crippen LogP contribution in [0.1, 0.15) is 13.8 Å². The lowest BCUT2D eigenvalue weighted by Gasteiger charge is -2.12. The molecule has 0 aliphatic heterocycles. The molecule has 5 aromatic rings. The van der Waals surface area contributed by atoms with Gasteiger partial charge in [0.15, 0.2) is 31.2 Å². The summed E-state index contributed by atoms with van der Waals surface area (Å²) in [6, 6.07) is 13.1. The van der Waals surface area contributed by atoms with E-state index in [4.69, 9.17) is 0 Å². The zero-order valence-electron chi connectivity index (χ0n) is 27.2. The molecular formula is C31H29N5O12S4. The Morgan fingerprint density at radius 1 is 0.577 bits per heavy atom. The van der Waals surface area contributed by atoms with Gasteiger partial charge in [-0.15, -0.1) is 20.5 Å². The molecule has 0 heterocycles. The Labute approximate surface area is 297 Å². The molecule has 0 radical (unpaired) electrons. The molecule has 5 rings (SSSR count). The fourth-order valence-electron chi connectivity index (χ4n) is 5.11. The third kappa shape index (κ3) is 7.31. The summed E-state index contributed by atoms with van der Waals surface area (Å²) in [5.74, 6) is -1.85. The number of anilines is 1. The summed E-state index contributed by atoms with van der Waals surface area (Å²) in [5, 5.41) is 41.1. The van der Waals surface area contributed by atoms with Gasteiger partial charge in [0.05, 0.1) is 27.0 Å². The van der Waals surface area contributed by atoms with E-state index in [2.05, 4.69) is 25.8 Å². The molecule has 5 N–H and O–H groups in total. The predicted molar refractivity (Wildman–Crippen MR) is 191 cm³/mol. The Kier molecular flexibility index (Phi) is 10.1. The van der Waals surface area contributed by atoms with Crippen molar-refractivity contribution in [3.8, 4) is 11.5 Å². The van der Waals surface area contributed by atoms with Gasteiger partial charge in [-0.25, -0.2) is 16.8 Å². The predicted octanol–water partition coefficient (Wildman–Crippen LogP) is 6.36. The first kappa shape index (κ1) is 38.2. The van der Waals surface area contributed by atoms with Crippen molar-refractivity contribution in [3.05, 3.63) is 66.7 Å². The van der Waals surface area contributed by atoms with Crippen molar-refractivity contribution in [2.24, 2.45) is 20.5 Å². The van der Waals surface area contributed by atoms with Crippen LogP contribution in [-0.2, 0) is 39.9 Å². The van der Waals surface area contributed by atoms with E-state index in [-0.39, 0.29) is 60.2 Å². The molecule has 0 bridgehead atoms. The normalized spacial score (nSPS) is 13.1. The molecule has 0 saturated carbocycles. The molecular weight excluding hydrogens is 763 g/mol. The highest BCUT2D eigenvalue weighted by molar-refractivity contribution is 7.91. The molecule has 52 heavy (non-hydrogen) atoms. The third-order valence-electron chi connectivity index (χ3n) is 7.89. The number of sulfone groups is 2. The Morgan fingerprint density at radius 3 is 1.69 bits per heavy atom. The lowest BCUT2D eigenvalue weighted by molar-refractivity contribution is 0.474. The molecule has 0 spiro atoms. The average molecular weight is 792 g/mol. The van der Waals surface area contributed by atoms with Crippen molar-refractivity contribution in [2.45, 2.75) is 33.4 Å². The number of aromatic hydroxyl groups is 2. The van der Waals surface area contributed by atoms with E-state index in [1.165, 1.54) is 50.2 Å². The minimum Gasteiger partial charge on any atom is -0.505 e. The van der Waals surface area contributed by atoms with E-state index in [9.17, 15) is 53.0 Å². The fraction of sp³-hybridized carbons (Fsp3) is 0.161. The van der Waals surface area contributed by atoms with Crippen LogP contribution in [0.2, 0.25) is 0 Å². The molecule has 17 nitrogen and oxygen atoms in total. The lowest BCUT2D eigenvalue weighted by atomic mass is 10.1. The van der Waals surface area contributed by atoms with Crippen molar-refractivity contribution in [1.29, 1.82) is 0 Å². The van der Waals surface area contributed by atoms with E-state index in [0.29, 0.717) is 5.69 Å². The number of benzene rings is 5. The standard InChI is InChI=1S/C31H29N5O12S4/c1-4-49(39,40)18-7-11-22(26(15-18)51(43,44)45)33-36-29-20-8-13-24(30(37)21(20)9-12-23(29)32-3)34-35-25-10-6-17-14-19(50(41,42)5-2)16-27(52(46,47)48)28(17)31(25)38/h6-16,32,37-38H,4-5H2,1-3H3,(H,43,44,45)(H,46,47,48)/b35-34+,36-33+. The second kappa shape index (κ2) is 13.8. The van der Waals surface area contributed by atoms with Gasteiger partial charge < -0.3 is 15.5 Å². The highest BCUT2D eigenvalue weighted by Crippen LogP contribution is 2.45. The largest absolute Gasteiger partial charge is 0.505 e. The quantitative estimate of drug-likeness (QED) is 0.0720. The Bertz CT molecular complexity index is 2800. The lowest BCUT2D eigenvalue weighted by Crippen LogP contribution is -2.07.